The number of hydrogen-bond acceptors (Lipinski definition) is 5. The second-order valence-corrected chi connectivity index (χ2v) is 8.33. The largest absolute Gasteiger partial charge is 0.426 e. The van der Waals surface area contributed by atoms with Crippen LogP contribution in [0.3, 0.4) is 0 Å². The van der Waals surface area contributed by atoms with E-state index in [2.05, 4.69) is 0 Å². The van der Waals surface area contributed by atoms with E-state index in [4.69, 9.17) is 4.74 Å². The summed E-state index contributed by atoms with van der Waals surface area (Å²) in [5.74, 6) is -2.07. The van der Waals surface area contributed by atoms with E-state index in [0.29, 0.717) is 18.5 Å². The Morgan fingerprint density at radius 2 is 1.50 bits per heavy atom. The van der Waals surface area contributed by atoms with E-state index in [-0.39, 0.29) is 48.3 Å². The van der Waals surface area contributed by atoms with Crippen molar-refractivity contribution < 1.29 is 23.9 Å². The zero-order valence-corrected chi connectivity index (χ0v) is 17.3. The fourth-order valence-electron chi connectivity index (χ4n) is 4.66. The third-order valence-corrected chi connectivity index (χ3v) is 6.33. The van der Waals surface area contributed by atoms with Crippen LogP contribution in [0.4, 0.5) is 11.4 Å². The van der Waals surface area contributed by atoms with E-state index in [1.165, 1.54) is 11.0 Å². The first-order valence-electron chi connectivity index (χ1n) is 10.7. The van der Waals surface area contributed by atoms with Crippen LogP contribution in [0.5, 0.6) is 5.75 Å². The summed E-state index contributed by atoms with van der Waals surface area (Å²) in [6, 6.07) is 15.6. The minimum Gasteiger partial charge on any atom is -0.426 e. The van der Waals surface area contributed by atoms with Crippen molar-refractivity contribution >= 4 is 35.1 Å². The maximum atomic E-state index is 12.8. The number of carbonyl (C=O) groups excluding carboxylic acids is 4. The highest BCUT2D eigenvalue weighted by Crippen LogP contribution is 2.38. The number of allylic oxidation sites excluding steroid dienone is 2. The van der Waals surface area contributed by atoms with Crippen LogP contribution in [0.1, 0.15) is 19.3 Å². The second kappa shape index (κ2) is 8.07. The lowest BCUT2D eigenvalue weighted by atomic mass is 9.85. The van der Waals surface area contributed by atoms with Gasteiger partial charge in [0.15, 0.2) is 0 Å². The molecule has 32 heavy (non-hydrogen) atoms. The summed E-state index contributed by atoms with van der Waals surface area (Å²) >= 11 is 0. The van der Waals surface area contributed by atoms with E-state index in [1.54, 1.807) is 23.1 Å². The van der Waals surface area contributed by atoms with Gasteiger partial charge in [-0.25, -0.2) is 4.90 Å². The first-order chi connectivity index (χ1) is 15.5. The molecule has 0 N–H and O–H groups in total. The van der Waals surface area contributed by atoms with Gasteiger partial charge in [0, 0.05) is 24.7 Å². The molecule has 0 spiro atoms. The molecule has 2 heterocycles. The Morgan fingerprint density at radius 3 is 2.19 bits per heavy atom. The predicted molar refractivity (Wildman–Crippen MR) is 117 cm³/mol. The Kier molecular flexibility index (Phi) is 5.09. The Labute approximate surface area is 185 Å². The van der Waals surface area contributed by atoms with Crippen molar-refractivity contribution in [2.24, 2.45) is 17.8 Å². The molecule has 2 aliphatic heterocycles. The molecule has 0 bridgehead atoms. The zero-order valence-electron chi connectivity index (χ0n) is 17.3. The topological polar surface area (TPSA) is 84.0 Å². The van der Waals surface area contributed by atoms with E-state index in [0.717, 1.165) is 5.69 Å². The molecule has 0 aromatic heterocycles. The monoisotopic (exact) mass is 430 g/mol. The number of ether oxygens (including phenoxy) is 1. The van der Waals surface area contributed by atoms with Crippen LogP contribution in [-0.2, 0) is 19.2 Å². The van der Waals surface area contributed by atoms with Gasteiger partial charge in [0.2, 0.25) is 17.7 Å². The number of hydrogen-bond donors (Lipinski definition) is 0. The number of anilines is 2. The molecule has 5 rings (SSSR count). The number of benzene rings is 2. The highest BCUT2D eigenvalue weighted by molar-refractivity contribution is 6.22. The number of carbonyl (C=O) groups is 4. The minimum absolute atomic E-state index is 0.0763. The number of nitrogens with zero attached hydrogens (tertiary/aromatic N) is 2. The van der Waals surface area contributed by atoms with E-state index >= 15 is 0 Å². The molecule has 3 aliphatic rings. The molecule has 7 heteroatoms. The van der Waals surface area contributed by atoms with Gasteiger partial charge in [-0.3, -0.25) is 19.2 Å². The lowest BCUT2D eigenvalue weighted by molar-refractivity contribution is -0.139. The van der Waals surface area contributed by atoms with E-state index in [1.807, 2.05) is 42.5 Å². The van der Waals surface area contributed by atoms with Gasteiger partial charge in [-0.1, -0.05) is 36.4 Å². The lowest BCUT2D eigenvalue weighted by Gasteiger charge is -2.17. The molecule has 0 saturated carbocycles. The third-order valence-electron chi connectivity index (χ3n) is 6.33. The maximum absolute atomic E-state index is 12.8. The van der Waals surface area contributed by atoms with Crippen molar-refractivity contribution in [3.63, 3.8) is 0 Å². The summed E-state index contributed by atoms with van der Waals surface area (Å²) in [7, 11) is 0. The van der Waals surface area contributed by atoms with Crippen molar-refractivity contribution in [2.75, 3.05) is 16.3 Å². The number of imide groups is 1. The third kappa shape index (κ3) is 3.49. The summed E-state index contributed by atoms with van der Waals surface area (Å²) in [6.45, 7) is 0.251. The molecular formula is C25H22N2O5. The lowest BCUT2D eigenvalue weighted by Crippen LogP contribution is -2.31. The zero-order chi connectivity index (χ0) is 22.2. The predicted octanol–water partition coefficient (Wildman–Crippen LogP) is 3.10. The highest BCUT2D eigenvalue weighted by atomic mass is 16.5. The molecule has 3 amide bonds. The summed E-state index contributed by atoms with van der Waals surface area (Å²) in [6.07, 6.45) is 5.08. The van der Waals surface area contributed by atoms with Crippen molar-refractivity contribution in [3.05, 3.63) is 66.7 Å². The van der Waals surface area contributed by atoms with Gasteiger partial charge in [0.25, 0.3) is 0 Å². The quantitative estimate of drug-likeness (QED) is 0.322. The molecule has 0 radical (unpaired) electrons. The van der Waals surface area contributed by atoms with Gasteiger partial charge >= 0.3 is 5.97 Å². The van der Waals surface area contributed by atoms with Gasteiger partial charge in [-0.15, -0.1) is 0 Å². The smallest absolute Gasteiger partial charge is 0.316 e. The molecule has 3 atom stereocenters. The standard InChI is InChI=1S/C25H22N2O5/c28-22-13-16(15-26(22)17-7-2-1-3-8-17)25(31)32-19-10-6-9-18(14-19)27-23(29)20-11-4-5-12-21(20)24(27)30/h1-10,14,16,20-21H,11-13,15H2/t16-,20+,21+/m1/s1. The van der Waals surface area contributed by atoms with Crippen LogP contribution in [0.15, 0.2) is 66.7 Å². The van der Waals surface area contributed by atoms with Gasteiger partial charge < -0.3 is 9.64 Å². The number of amides is 3. The number of fused-ring (bicyclic) bond motifs is 1. The average molecular weight is 430 g/mol. The van der Waals surface area contributed by atoms with E-state index in [9.17, 15) is 19.2 Å². The summed E-state index contributed by atoms with van der Waals surface area (Å²) in [4.78, 5) is 53.6. The first kappa shape index (κ1) is 20.2. The second-order valence-electron chi connectivity index (χ2n) is 8.33. The summed E-state index contributed by atoms with van der Waals surface area (Å²) in [5, 5.41) is 0. The molecule has 1 aliphatic carbocycles. The molecule has 162 valence electrons. The van der Waals surface area contributed by atoms with Crippen LogP contribution in [0.25, 0.3) is 0 Å². The van der Waals surface area contributed by atoms with Crippen molar-refractivity contribution in [3.8, 4) is 5.75 Å². The van der Waals surface area contributed by atoms with Crippen LogP contribution in [0, 0.1) is 17.8 Å². The van der Waals surface area contributed by atoms with Crippen LogP contribution in [-0.4, -0.2) is 30.2 Å². The van der Waals surface area contributed by atoms with Crippen LogP contribution >= 0.6 is 0 Å². The summed E-state index contributed by atoms with van der Waals surface area (Å²) in [5.41, 5.74) is 1.14. The van der Waals surface area contributed by atoms with Crippen LogP contribution in [0.2, 0.25) is 0 Å². The molecule has 2 aromatic carbocycles. The maximum Gasteiger partial charge on any atom is 0.316 e. The molecular weight excluding hydrogens is 408 g/mol. The van der Waals surface area contributed by atoms with Crippen LogP contribution < -0.4 is 14.5 Å². The Hall–Kier alpha value is -3.74. The molecule has 2 saturated heterocycles. The number of rotatable bonds is 4. The molecule has 7 nitrogen and oxygen atoms in total. The molecule has 0 unspecified atom stereocenters. The summed E-state index contributed by atoms with van der Waals surface area (Å²) < 4.78 is 5.54. The number of para-hydroxylation sites is 1. The molecule has 2 fully saturated rings. The fraction of sp³-hybridized carbons (Fsp3) is 0.280. The fourth-order valence-corrected chi connectivity index (χ4v) is 4.66. The van der Waals surface area contributed by atoms with Gasteiger partial charge in [-0.05, 0) is 37.1 Å². The average Bonchev–Trinajstić information content (AvgIpc) is 3.32. The number of esters is 1. The normalized spacial score (nSPS) is 24.8. The Morgan fingerprint density at radius 1 is 0.844 bits per heavy atom. The van der Waals surface area contributed by atoms with Gasteiger partial charge in [0.1, 0.15) is 5.75 Å². The highest BCUT2D eigenvalue weighted by Gasteiger charge is 2.48. The Balaban J connectivity index is 1.30. The van der Waals surface area contributed by atoms with Crippen molar-refractivity contribution in [1.29, 1.82) is 0 Å². The van der Waals surface area contributed by atoms with E-state index < -0.39 is 11.9 Å². The van der Waals surface area contributed by atoms with Gasteiger partial charge in [-0.2, -0.15) is 0 Å². The first-order valence-corrected chi connectivity index (χ1v) is 10.7. The van der Waals surface area contributed by atoms with Crippen molar-refractivity contribution in [2.45, 2.75) is 19.3 Å². The Bertz CT molecular complexity index is 1100. The van der Waals surface area contributed by atoms with Gasteiger partial charge in [0.05, 0.1) is 23.4 Å². The SMILES string of the molecule is O=C(Oc1cccc(N2C(=O)[C@H]3CC=CC[C@@H]3C2=O)c1)[C@@H]1CC(=O)N(c2ccccc2)C1. The molecule has 2 aromatic rings. The van der Waals surface area contributed by atoms with Crippen molar-refractivity contribution in [1.82, 2.24) is 0 Å². The minimum atomic E-state index is -0.588.